The Morgan fingerprint density at radius 1 is 1.40 bits per heavy atom. The van der Waals surface area contributed by atoms with Gasteiger partial charge >= 0.3 is 5.97 Å². The van der Waals surface area contributed by atoms with Crippen molar-refractivity contribution < 1.29 is 17.9 Å². The molecule has 1 rings (SSSR count). The van der Waals surface area contributed by atoms with Gasteiger partial charge in [0.1, 0.15) is 0 Å². The van der Waals surface area contributed by atoms with Gasteiger partial charge in [-0.15, -0.1) is 0 Å². The summed E-state index contributed by atoms with van der Waals surface area (Å²) in [6.45, 7) is 5.51. The average molecular weight is 301 g/mol. The third kappa shape index (κ3) is 4.76. The lowest BCUT2D eigenvalue weighted by Gasteiger charge is -2.08. The minimum absolute atomic E-state index is 0.0194. The van der Waals surface area contributed by atoms with E-state index in [1.54, 1.807) is 20.8 Å². The molecule has 1 N–H and O–H groups in total. The summed E-state index contributed by atoms with van der Waals surface area (Å²) in [5.74, 6) is -0.0472. The molecule has 0 radical (unpaired) electrons. The van der Waals surface area contributed by atoms with Crippen molar-refractivity contribution in [3.05, 3.63) is 17.5 Å². The third-order valence-electron chi connectivity index (χ3n) is 2.61. The van der Waals surface area contributed by atoms with Gasteiger partial charge in [-0.3, -0.25) is 0 Å². The zero-order chi connectivity index (χ0) is 15.2. The van der Waals surface area contributed by atoms with Crippen LogP contribution in [0.1, 0.15) is 29.9 Å². The van der Waals surface area contributed by atoms with Crippen LogP contribution in [0.15, 0.2) is 6.20 Å². The maximum absolute atomic E-state index is 11.6. The summed E-state index contributed by atoms with van der Waals surface area (Å²) in [6, 6.07) is 0. The number of rotatable bonds is 7. The zero-order valence-corrected chi connectivity index (χ0v) is 12.7. The molecule has 0 unspecified atom stereocenters. The predicted octanol–water partition coefficient (Wildman–Crippen LogP) is 0.808. The van der Waals surface area contributed by atoms with E-state index in [0.717, 1.165) is 0 Å². The number of nitrogens with zero attached hydrogens (tertiary/aromatic N) is 2. The van der Waals surface area contributed by atoms with E-state index in [2.05, 4.69) is 15.3 Å². The highest BCUT2D eigenvalue weighted by atomic mass is 32.2. The molecule has 20 heavy (non-hydrogen) atoms. The Morgan fingerprint density at radius 3 is 2.65 bits per heavy atom. The lowest BCUT2D eigenvalue weighted by Crippen LogP contribution is -2.19. The molecule has 0 amide bonds. The van der Waals surface area contributed by atoms with E-state index in [1.807, 2.05) is 0 Å². The van der Waals surface area contributed by atoms with E-state index >= 15 is 0 Å². The van der Waals surface area contributed by atoms with Crippen LogP contribution < -0.4 is 5.32 Å². The zero-order valence-electron chi connectivity index (χ0n) is 11.8. The van der Waals surface area contributed by atoms with Crippen LogP contribution in [0.2, 0.25) is 0 Å². The van der Waals surface area contributed by atoms with Gasteiger partial charge in [0.25, 0.3) is 0 Å². The first-order valence-corrected chi connectivity index (χ1v) is 8.16. The second-order valence-electron chi connectivity index (χ2n) is 4.08. The van der Waals surface area contributed by atoms with Crippen LogP contribution in [0.3, 0.4) is 0 Å². The van der Waals surface area contributed by atoms with Crippen molar-refractivity contribution >= 4 is 21.8 Å². The van der Waals surface area contributed by atoms with Crippen molar-refractivity contribution in [2.45, 2.75) is 20.8 Å². The maximum Gasteiger partial charge on any atom is 0.341 e. The SMILES string of the molecule is CCOC(=O)c1cnc(NCCS(=O)(=O)CC)nc1C. The summed E-state index contributed by atoms with van der Waals surface area (Å²) in [6.07, 6.45) is 1.37. The average Bonchev–Trinajstić information content (AvgIpc) is 2.39. The molecule has 1 aromatic heterocycles. The summed E-state index contributed by atoms with van der Waals surface area (Å²) in [4.78, 5) is 19.6. The predicted molar refractivity (Wildman–Crippen MR) is 75.5 cm³/mol. The molecule has 0 aromatic carbocycles. The Hall–Kier alpha value is -1.70. The van der Waals surface area contributed by atoms with Crippen LogP contribution in [0.4, 0.5) is 5.95 Å². The van der Waals surface area contributed by atoms with Gasteiger partial charge in [-0.1, -0.05) is 6.92 Å². The van der Waals surface area contributed by atoms with E-state index < -0.39 is 15.8 Å². The Labute approximate surface area is 118 Å². The van der Waals surface area contributed by atoms with Crippen LogP contribution in [0, 0.1) is 6.92 Å². The van der Waals surface area contributed by atoms with Crippen molar-refractivity contribution in [1.82, 2.24) is 9.97 Å². The van der Waals surface area contributed by atoms with E-state index in [0.29, 0.717) is 17.2 Å². The quantitative estimate of drug-likeness (QED) is 0.744. The van der Waals surface area contributed by atoms with Crippen molar-refractivity contribution in [2.75, 3.05) is 30.0 Å². The van der Waals surface area contributed by atoms with Crippen molar-refractivity contribution in [2.24, 2.45) is 0 Å². The van der Waals surface area contributed by atoms with Crippen molar-refractivity contribution in [1.29, 1.82) is 0 Å². The number of hydrogen-bond donors (Lipinski definition) is 1. The van der Waals surface area contributed by atoms with Gasteiger partial charge in [0.05, 0.1) is 23.6 Å². The van der Waals surface area contributed by atoms with Gasteiger partial charge in [0.15, 0.2) is 9.84 Å². The minimum atomic E-state index is -3.02. The molecule has 0 spiro atoms. The summed E-state index contributed by atoms with van der Waals surface area (Å²) in [7, 11) is -3.02. The molecule has 7 nitrogen and oxygen atoms in total. The molecule has 0 saturated carbocycles. The number of carbonyl (C=O) groups excluding carboxylic acids is 1. The van der Waals surface area contributed by atoms with Crippen LogP contribution in [-0.2, 0) is 14.6 Å². The molecule has 0 saturated heterocycles. The summed E-state index contributed by atoms with van der Waals surface area (Å²) in [5.41, 5.74) is 0.790. The second-order valence-corrected chi connectivity index (χ2v) is 6.55. The summed E-state index contributed by atoms with van der Waals surface area (Å²) < 4.78 is 27.5. The fourth-order valence-corrected chi connectivity index (χ4v) is 2.13. The Balaban J connectivity index is 2.66. The van der Waals surface area contributed by atoms with Crippen molar-refractivity contribution in [3.63, 3.8) is 0 Å². The Morgan fingerprint density at radius 2 is 2.10 bits per heavy atom. The van der Waals surface area contributed by atoms with Gasteiger partial charge in [0.2, 0.25) is 5.95 Å². The van der Waals surface area contributed by atoms with Gasteiger partial charge in [-0.25, -0.2) is 23.2 Å². The van der Waals surface area contributed by atoms with Crippen LogP contribution in [0.25, 0.3) is 0 Å². The summed E-state index contributed by atoms with van der Waals surface area (Å²) in [5, 5.41) is 2.82. The van der Waals surface area contributed by atoms with E-state index in [9.17, 15) is 13.2 Å². The monoisotopic (exact) mass is 301 g/mol. The first-order valence-electron chi connectivity index (χ1n) is 6.34. The van der Waals surface area contributed by atoms with Crippen LogP contribution in [0.5, 0.6) is 0 Å². The number of aryl methyl sites for hydroxylation is 1. The molecule has 112 valence electrons. The highest BCUT2D eigenvalue weighted by Gasteiger charge is 2.13. The number of carbonyl (C=O) groups is 1. The first-order chi connectivity index (χ1) is 9.39. The minimum Gasteiger partial charge on any atom is -0.462 e. The highest BCUT2D eigenvalue weighted by Crippen LogP contribution is 2.08. The molecule has 0 aliphatic carbocycles. The number of ether oxygens (including phenoxy) is 1. The lowest BCUT2D eigenvalue weighted by molar-refractivity contribution is 0.0524. The number of sulfone groups is 1. The standard InChI is InChI=1S/C12H19N3O4S/c1-4-19-11(16)10-8-14-12(15-9(10)3)13-6-7-20(17,18)5-2/h8H,4-7H2,1-3H3,(H,13,14,15). The Kier molecular flexibility index (Phi) is 5.87. The van der Waals surface area contributed by atoms with E-state index in [-0.39, 0.29) is 24.7 Å². The van der Waals surface area contributed by atoms with Gasteiger partial charge in [0, 0.05) is 18.5 Å². The highest BCUT2D eigenvalue weighted by molar-refractivity contribution is 7.91. The number of aromatic nitrogens is 2. The van der Waals surface area contributed by atoms with Gasteiger partial charge in [-0.2, -0.15) is 0 Å². The molecule has 8 heteroatoms. The molecule has 0 aliphatic rings. The largest absolute Gasteiger partial charge is 0.462 e. The summed E-state index contributed by atoms with van der Waals surface area (Å²) >= 11 is 0. The number of esters is 1. The molecule has 1 heterocycles. The Bertz CT molecular complexity index is 572. The molecule has 0 aliphatic heterocycles. The van der Waals surface area contributed by atoms with Gasteiger partial charge in [-0.05, 0) is 13.8 Å². The number of nitrogens with one attached hydrogen (secondary N) is 1. The fraction of sp³-hybridized carbons (Fsp3) is 0.583. The fourth-order valence-electron chi connectivity index (χ4n) is 1.42. The topological polar surface area (TPSA) is 98.2 Å². The molecular formula is C12H19N3O4S. The molecule has 0 fully saturated rings. The number of anilines is 1. The second kappa shape index (κ2) is 7.18. The van der Waals surface area contributed by atoms with E-state index in [4.69, 9.17) is 4.74 Å². The maximum atomic E-state index is 11.6. The lowest BCUT2D eigenvalue weighted by atomic mass is 10.2. The van der Waals surface area contributed by atoms with Crippen LogP contribution in [-0.4, -0.2) is 49.0 Å². The molecule has 0 bridgehead atoms. The number of hydrogen-bond acceptors (Lipinski definition) is 7. The van der Waals surface area contributed by atoms with E-state index in [1.165, 1.54) is 6.20 Å². The molecule has 0 atom stereocenters. The molecule has 1 aromatic rings. The third-order valence-corrected chi connectivity index (χ3v) is 4.32. The first kappa shape index (κ1) is 16.4. The van der Waals surface area contributed by atoms with Gasteiger partial charge < -0.3 is 10.1 Å². The molecular weight excluding hydrogens is 282 g/mol. The van der Waals surface area contributed by atoms with Crippen LogP contribution >= 0.6 is 0 Å². The normalized spacial score (nSPS) is 11.2. The van der Waals surface area contributed by atoms with Crippen molar-refractivity contribution in [3.8, 4) is 0 Å². The smallest absolute Gasteiger partial charge is 0.341 e.